The second kappa shape index (κ2) is 30.0. The number of hydrogen-bond acceptors (Lipinski definition) is 9. The summed E-state index contributed by atoms with van der Waals surface area (Å²) in [5, 5.41) is 54.0. The second-order valence-corrected chi connectivity index (χ2v) is 15.5. The maximum atomic E-state index is 13.7. The molecule has 3 atom stereocenters. The van der Waals surface area contributed by atoms with E-state index < -0.39 is 52.7 Å². The monoisotopic (exact) mass is 748 g/mol. The van der Waals surface area contributed by atoms with Crippen LogP contribution in [0.2, 0.25) is 0 Å². The first-order chi connectivity index (χ1) is 25.5. The number of nitrogens with two attached hydrogens (primary N) is 1. The van der Waals surface area contributed by atoms with Gasteiger partial charge in [0.2, 0.25) is 0 Å². The highest BCUT2D eigenvalue weighted by atomic mass is 16.4. The van der Waals surface area contributed by atoms with E-state index in [0.717, 1.165) is 51.4 Å². The summed E-state index contributed by atoms with van der Waals surface area (Å²) in [4.78, 5) is 40.1. The number of para-hydroxylation sites is 1. The lowest BCUT2D eigenvalue weighted by atomic mass is 9.77. The number of aliphatic hydroxyl groups excluding tert-OH is 2. The van der Waals surface area contributed by atoms with Gasteiger partial charge in [-0.05, 0) is 30.9 Å². The fourth-order valence-electron chi connectivity index (χ4n) is 7.19. The molecular formula is C44H77NO8. The number of benzene rings is 1. The van der Waals surface area contributed by atoms with Gasteiger partial charge in [0.05, 0.1) is 6.04 Å². The zero-order chi connectivity index (χ0) is 39.3. The largest absolute Gasteiger partial charge is 0.504 e. The molecular weight excluding hydrogens is 670 g/mol. The zero-order valence-electron chi connectivity index (χ0n) is 33.5. The van der Waals surface area contributed by atoms with Gasteiger partial charge in [-0.15, -0.1) is 0 Å². The van der Waals surface area contributed by atoms with E-state index in [1.165, 1.54) is 121 Å². The molecule has 0 saturated carbocycles. The lowest BCUT2D eigenvalue weighted by Gasteiger charge is -2.36. The Morgan fingerprint density at radius 1 is 0.566 bits per heavy atom. The molecule has 7 N–H and O–H groups in total. The van der Waals surface area contributed by atoms with E-state index in [2.05, 4.69) is 13.8 Å². The summed E-state index contributed by atoms with van der Waals surface area (Å²) in [7, 11) is 0. The fraction of sp³-hybridized carbons (Fsp3) is 0.795. The highest BCUT2D eigenvalue weighted by Gasteiger charge is 2.55. The van der Waals surface area contributed by atoms with E-state index in [1.807, 2.05) is 0 Å². The predicted octanol–water partition coefficient (Wildman–Crippen LogP) is 9.09. The summed E-state index contributed by atoms with van der Waals surface area (Å²) >= 11 is 0. The van der Waals surface area contributed by atoms with E-state index in [-0.39, 0.29) is 24.8 Å². The van der Waals surface area contributed by atoms with Crippen LogP contribution in [0.15, 0.2) is 18.2 Å². The van der Waals surface area contributed by atoms with Gasteiger partial charge in [0, 0.05) is 12.8 Å². The van der Waals surface area contributed by atoms with E-state index in [0.29, 0.717) is 12.8 Å². The Bertz CT molecular complexity index is 1080. The van der Waals surface area contributed by atoms with Crippen LogP contribution in [0, 0.1) is 0 Å². The standard InChI is InChI=1S/C44H77NO8/c1-3-5-7-9-11-13-15-17-19-21-23-25-27-31-38(47)42(51)44(53,41(50)36(45)34-35-30-29-33-37(46)40(35)49)43(52)39(48)32-28-26-24-22-20-18-16-14-12-10-8-6-4-2/h29-30,33,36,42-43,46,49,51-53H,3-28,31-32,34,45H2,1-2H3. The van der Waals surface area contributed by atoms with Gasteiger partial charge in [-0.3, -0.25) is 14.4 Å². The van der Waals surface area contributed by atoms with Gasteiger partial charge in [0.25, 0.3) is 0 Å². The minimum atomic E-state index is -3.16. The van der Waals surface area contributed by atoms with Gasteiger partial charge in [-0.1, -0.05) is 180 Å². The number of aliphatic hydroxyl groups is 3. The van der Waals surface area contributed by atoms with Crippen molar-refractivity contribution in [1.29, 1.82) is 0 Å². The van der Waals surface area contributed by atoms with Crippen LogP contribution in [0.5, 0.6) is 11.5 Å². The van der Waals surface area contributed by atoms with Gasteiger partial charge in [-0.2, -0.15) is 0 Å². The summed E-state index contributed by atoms with van der Waals surface area (Å²) in [6.45, 7) is 4.44. The first kappa shape index (κ1) is 48.7. The van der Waals surface area contributed by atoms with Crippen LogP contribution < -0.4 is 5.73 Å². The van der Waals surface area contributed by atoms with Crippen LogP contribution in [-0.2, 0) is 20.8 Å². The highest BCUT2D eigenvalue weighted by molar-refractivity contribution is 6.03. The van der Waals surface area contributed by atoms with Crippen LogP contribution in [0.3, 0.4) is 0 Å². The smallest absolute Gasteiger partial charge is 0.190 e. The summed E-state index contributed by atoms with van der Waals surface area (Å²) < 4.78 is 0. The van der Waals surface area contributed by atoms with E-state index >= 15 is 0 Å². The minimum absolute atomic E-state index is 0.0915. The van der Waals surface area contributed by atoms with Crippen molar-refractivity contribution in [3.8, 4) is 11.5 Å². The van der Waals surface area contributed by atoms with Crippen molar-refractivity contribution in [3.05, 3.63) is 23.8 Å². The van der Waals surface area contributed by atoms with Gasteiger partial charge < -0.3 is 31.3 Å². The van der Waals surface area contributed by atoms with Crippen molar-refractivity contribution in [2.45, 2.75) is 224 Å². The Labute approximate surface area is 321 Å². The topological polar surface area (TPSA) is 178 Å². The number of unbranched alkanes of at least 4 members (excludes halogenated alkanes) is 24. The molecule has 0 heterocycles. The third-order valence-corrected chi connectivity index (χ3v) is 10.8. The Morgan fingerprint density at radius 2 is 0.887 bits per heavy atom. The lowest BCUT2D eigenvalue weighted by Crippen LogP contribution is -2.66. The molecule has 1 rings (SSSR count). The Kier molecular flexibility index (Phi) is 27.5. The van der Waals surface area contributed by atoms with Gasteiger partial charge in [0.15, 0.2) is 46.7 Å². The summed E-state index contributed by atoms with van der Waals surface area (Å²) in [5.74, 6) is -3.90. The molecule has 0 aliphatic rings. The molecule has 306 valence electrons. The van der Waals surface area contributed by atoms with Gasteiger partial charge in [-0.25, -0.2) is 0 Å². The molecule has 0 saturated heterocycles. The van der Waals surface area contributed by atoms with Crippen molar-refractivity contribution in [3.63, 3.8) is 0 Å². The average Bonchev–Trinajstić information content (AvgIpc) is 3.15. The molecule has 0 fully saturated rings. The van der Waals surface area contributed by atoms with Gasteiger partial charge in [0.1, 0.15) is 0 Å². The minimum Gasteiger partial charge on any atom is -0.504 e. The molecule has 0 bridgehead atoms. The third kappa shape index (κ3) is 19.7. The molecule has 0 aliphatic heterocycles. The van der Waals surface area contributed by atoms with Crippen molar-refractivity contribution < 1.29 is 39.9 Å². The van der Waals surface area contributed by atoms with E-state index in [1.54, 1.807) is 0 Å². The maximum absolute atomic E-state index is 13.7. The number of carbonyl (C=O) groups excluding carboxylic acids is 3. The van der Waals surface area contributed by atoms with E-state index in [4.69, 9.17) is 5.73 Å². The molecule has 0 radical (unpaired) electrons. The normalized spacial score (nSPS) is 14.5. The molecule has 9 heteroatoms. The number of carbonyl (C=O) groups is 3. The quantitative estimate of drug-likeness (QED) is 0.0289. The van der Waals surface area contributed by atoms with Crippen molar-refractivity contribution in [1.82, 2.24) is 0 Å². The van der Waals surface area contributed by atoms with Crippen molar-refractivity contribution in [2.75, 3.05) is 0 Å². The Hall–Kier alpha value is -2.33. The van der Waals surface area contributed by atoms with Crippen molar-refractivity contribution >= 4 is 17.3 Å². The SMILES string of the molecule is CCCCCCCCCCCCCCCC(=O)C(O)C(O)(C(=O)C(N)Cc1cccc(O)c1O)C(O)C(=O)CCCCCCCCCCCCCCC. The summed E-state index contributed by atoms with van der Waals surface area (Å²) in [5.41, 5.74) is 3.07. The molecule has 1 aromatic carbocycles. The molecule has 0 amide bonds. The number of rotatable bonds is 36. The molecule has 3 unspecified atom stereocenters. The first-order valence-electron chi connectivity index (χ1n) is 21.5. The Balaban J connectivity index is 2.68. The average molecular weight is 748 g/mol. The molecule has 53 heavy (non-hydrogen) atoms. The number of hydrogen-bond donors (Lipinski definition) is 6. The summed E-state index contributed by atoms with van der Waals surface area (Å²) in [6, 6.07) is 2.51. The lowest BCUT2D eigenvalue weighted by molar-refractivity contribution is -0.182. The predicted molar refractivity (Wildman–Crippen MR) is 214 cm³/mol. The Morgan fingerprint density at radius 3 is 1.23 bits per heavy atom. The highest BCUT2D eigenvalue weighted by Crippen LogP contribution is 2.31. The summed E-state index contributed by atoms with van der Waals surface area (Å²) in [6.07, 6.45) is 23.5. The second-order valence-electron chi connectivity index (χ2n) is 15.5. The van der Waals surface area contributed by atoms with Crippen LogP contribution in [0.1, 0.15) is 199 Å². The fourth-order valence-corrected chi connectivity index (χ4v) is 7.19. The first-order valence-corrected chi connectivity index (χ1v) is 21.5. The third-order valence-electron chi connectivity index (χ3n) is 10.8. The van der Waals surface area contributed by atoms with Gasteiger partial charge >= 0.3 is 0 Å². The van der Waals surface area contributed by atoms with E-state index in [9.17, 15) is 39.9 Å². The maximum Gasteiger partial charge on any atom is 0.190 e. The van der Waals surface area contributed by atoms with Crippen molar-refractivity contribution in [2.24, 2.45) is 5.73 Å². The molecule has 0 spiro atoms. The molecule has 0 aromatic heterocycles. The number of aromatic hydroxyl groups is 2. The number of Topliss-reactive ketones (excluding diaryl/α,β-unsaturated/α-hetero) is 3. The van der Waals surface area contributed by atoms with Crippen LogP contribution >= 0.6 is 0 Å². The zero-order valence-corrected chi connectivity index (χ0v) is 33.5. The number of ketones is 3. The molecule has 0 aliphatic carbocycles. The number of phenolic OH excluding ortho intramolecular Hbond substituents is 2. The van der Waals surface area contributed by atoms with Crippen LogP contribution in [0.4, 0.5) is 0 Å². The van der Waals surface area contributed by atoms with Crippen LogP contribution in [0.25, 0.3) is 0 Å². The molecule has 1 aromatic rings. The number of phenols is 2. The van der Waals surface area contributed by atoms with Crippen LogP contribution in [-0.4, -0.2) is 66.7 Å². The molecule has 9 nitrogen and oxygen atoms in total.